The summed E-state index contributed by atoms with van der Waals surface area (Å²) >= 11 is 5.87. The summed E-state index contributed by atoms with van der Waals surface area (Å²) in [6, 6.07) is 6.83. The maximum Gasteiger partial charge on any atom is 0.260 e. The van der Waals surface area contributed by atoms with Crippen LogP contribution in [0.5, 0.6) is 5.75 Å². The fraction of sp³-hybridized carbons (Fsp3) is 0.136. The van der Waals surface area contributed by atoms with Crippen molar-refractivity contribution in [2.45, 2.75) is 13.0 Å². The zero-order valence-electron chi connectivity index (χ0n) is 17.1. The highest BCUT2D eigenvalue weighted by molar-refractivity contribution is 6.30. The maximum absolute atomic E-state index is 14.6. The number of hydrogen-bond acceptors (Lipinski definition) is 6. The van der Waals surface area contributed by atoms with Gasteiger partial charge in [0.15, 0.2) is 11.3 Å². The van der Waals surface area contributed by atoms with Gasteiger partial charge in [0.2, 0.25) is 0 Å². The van der Waals surface area contributed by atoms with E-state index in [0.717, 1.165) is 4.57 Å². The minimum absolute atomic E-state index is 0.165. The summed E-state index contributed by atoms with van der Waals surface area (Å²) in [6.45, 7) is 1.63. The number of ether oxygens (including phenoxy) is 1. The van der Waals surface area contributed by atoms with Crippen LogP contribution < -0.4 is 15.8 Å². The van der Waals surface area contributed by atoms with E-state index in [0.29, 0.717) is 32.9 Å². The molecule has 32 heavy (non-hydrogen) atoms. The van der Waals surface area contributed by atoms with Crippen molar-refractivity contribution in [2.24, 2.45) is 0 Å². The lowest BCUT2D eigenvalue weighted by Crippen LogP contribution is -2.36. The summed E-state index contributed by atoms with van der Waals surface area (Å²) in [7, 11) is 1.48. The Balaban J connectivity index is 1.79. The molecule has 1 atom stereocenters. The molecule has 4 aromatic rings. The first kappa shape index (κ1) is 21.4. The quantitative estimate of drug-likeness (QED) is 0.364. The van der Waals surface area contributed by atoms with Gasteiger partial charge in [-0.05, 0) is 37.3 Å². The number of fused-ring (bicyclic) bond motifs is 1. The van der Waals surface area contributed by atoms with Gasteiger partial charge in [-0.3, -0.25) is 30.1 Å². The number of methoxy groups -OCH3 is 1. The minimum atomic E-state index is -0.823. The fourth-order valence-electron chi connectivity index (χ4n) is 3.31. The summed E-state index contributed by atoms with van der Waals surface area (Å²) in [5, 5.41) is 17.5. The van der Waals surface area contributed by atoms with E-state index in [1.807, 2.05) is 0 Å². The van der Waals surface area contributed by atoms with Crippen molar-refractivity contribution in [3.8, 4) is 17.0 Å². The first-order chi connectivity index (χ1) is 15.3. The predicted molar refractivity (Wildman–Crippen MR) is 119 cm³/mol. The normalized spacial score (nSPS) is 12.0. The molecule has 0 aliphatic rings. The Labute approximate surface area is 186 Å². The van der Waals surface area contributed by atoms with Crippen molar-refractivity contribution in [3.63, 3.8) is 0 Å². The van der Waals surface area contributed by atoms with Crippen molar-refractivity contribution < 1.29 is 9.13 Å². The third-order valence-electron chi connectivity index (χ3n) is 5.10. The molecule has 0 saturated heterocycles. The molecule has 0 spiro atoms. The average Bonchev–Trinajstić information content (AvgIpc) is 2.80. The van der Waals surface area contributed by atoms with Gasteiger partial charge in [-0.2, -0.15) is 0 Å². The van der Waals surface area contributed by atoms with Gasteiger partial charge in [0.05, 0.1) is 41.0 Å². The highest BCUT2D eigenvalue weighted by atomic mass is 35.5. The van der Waals surface area contributed by atoms with Crippen LogP contribution in [0.1, 0.15) is 13.0 Å². The second-order valence-electron chi connectivity index (χ2n) is 7.05. The van der Waals surface area contributed by atoms with Crippen LogP contribution in [0.2, 0.25) is 5.02 Å². The van der Waals surface area contributed by atoms with Gasteiger partial charge in [0, 0.05) is 24.2 Å². The number of aromatic nitrogens is 4. The van der Waals surface area contributed by atoms with Crippen LogP contribution in [0, 0.1) is 16.6 Å². The Morgan fingerprint density at radius 2 is 2.00 bits per heavy atom. The second-order valence-corrected chi connectivity index (χ2v) is 7.49. The number of halogens is 2. The third kappa shape index (κ3) is 3.78. The zero-order chi connectivity index (χ0) is 23.0. The molecule has 4 heterocycles. The van der Waals surface area contributed by atoms with Crippen molar-refractivity contribution in [2.75, 3.05) is 7.11 Å². The van der Waals surface area contributed by atoms with Crippen LogP contribution >= 0.6 is 11.6 Å². The van der Waals surface area contributed by atoms with Crippen LogP contribution in [0.25, 0.3) is 22.2 Å². The standard InChI is InChI=1S/C22H18ClFN6O2/c1-12(29-6-5-19-16(22(29)31)8-15(32-2)10-28-19)20(25)30-11-13(7-17(24)21(30)26)18-4-3-14(23)9-27-18/h3-12,25-26H,1-2H3/t12-/m1/s1. The van der Waals surface area contributed by atoms with Crippen LogP contribution in [-0.4, -0.2) is 32.0 Å². The number of nitrogens with one attached hydrogen (secondary N) is 2. The van der Waals surface area contributed by atoms with Gasteiger partial charge in [-0.1, -0.05) is 11.6 Å². The molecule has 0 saturated carbocycles. The maximum atomic E-state index is 14.6. The van der Waals surface area contributed by atoms with Gasteiger partial charge in [0.25, 0.3) is 5.56 Å². The van der Waals surface area contributed by atoms with Crippen LogP contribution in [0.15, 0.2) is 59.9 Å². The predicted octanol–water partition coefficient (Wildman–Crippen LogP) is 3.63. The summed E-state index contributed by atoms with van der Waals surface area (Å²) in [4.78, 5) is 21.4. The lowest BCUT2D eigenvalue weighted by molar-refractivity contribution is 0.413. The molecule has 2 N–H and O–H groups in total. The molecule has 0 bridgehead atoms. The van der Waals surface area contributed by atoms with Gasteiger partial charge in [-0.25, -0.2) is 4.39 Å². The Morgan fingerprint density at radius 3 is 2.69 bits per heavy atom. The van der Waals surface area contributed by atoms with E-state index in [4.69, 9.17) is 27.2 Å². The van der Waals surface area contributed by atoms with E-state index < -0.39 is 17.3 Å². The SMILES string of the molecule is COc1cnc2ccn([C@H](C)C(=N)n3cc(-c4ccc(Cl)cn4)cc(F)c3=N)c(=O)c2c1. The molecule has 0 aromatic carbocycles. The highest BCUT2D eigenvalue weighted by Gasteiger charge is 2.19. The molecule has 4 rings (SSSR count). The van der Waals surface area contributed by atoms with Gasteiger partial charge < -0.3 is 9.30 Å². The van der Waals surface area contributed by atoms with Crippen LogP contribution in [0.3, 0.4) is 0 Å². The Morgan fingerprint density at radius 1 is 1.22 bits per heavy atom. The topological polar surface area (TPSA) is 110 Å². The van der Waals surface area contributed by atoms with Crippen molar-refractivity contribution in [1.82, 2.24) is 19.1 Å². The monoisotopic (exact) mass is 452 g/mol. The van der Waals surface area contributed by atoms with E-state index in [-0.39, 0.29) is 11.4 Å². The molecule has 0 radical (unpaired) electrons. The van der Waals surface area contributed by atoms with E-state index >= 15 is 0 Å². The molecular formula is C22H18ClFN6O2. The van der Waals surface area contributed by atoms with Crippen molar-refractivity contribution in [3.05, 3.63) is 81.8 Å². The molecule has 4 aromatic heterocycles. The van der Waals surface area contributed by atoms with Gasteiger partial charge in [-0.15, -0.1) is 0 Å². The largest absolute Gasteiger partial charge is 0.495 e. The molecule has 0 aliphatic heterocycles. The molecule has 0 unspecified atom stereocenters. The van der Waals surface area contributed by atoms with Crippen molar-refractivity contribution in [1.29, 1.82) is 10.8 Å². The smallest absolute Gasteiger partial charge is 0.260 e. The van der Waals surface area contributed by atoms with E-state index in [1.165, 1.54) is 42.5 Å². The van der Waals surface area contributed by atoms with E-state index in [1.54, 1.807) is 31.2 Å². The first-order valence-electron chi connectivity index (χ1n) is 9.52. The van der Waals surface area contributed by atoms with Gasteiger partial charge >= 0.3 is 0 Å². The molecular weight excluding hydrogens is 435 g/mol. The van der Waals surface area contributed by atoms with E-state index in [2.05, 4.69) is 9.97 Å². The van der Waals surface area contributed by atoms with Crippen LogP contribution in [-0.2, 0) is 0 Å². The zero-order valence-corrected chi connectivity index (χ0v) is 17.9. The Hall–Kier alpha value is -3.85. The number of nitrogens with zero attached hydrogens (tertiary/aromatic N) is 4. The van der Waals surface area contributed by atoms with Crippen molar-refractivity contribution >= 4 is 28.3 Å². The number of pyridine rings is 4. The summed E-state index contributed by atoms with van der Waals surface area (Å²) in [5.74, 6) is -0.554. The first-order valence-corrected chi connectivity index (χ1v) is 9.90. The third-order valence-corrected chi connectivity index (χ3v) is 5.32. The minimum Gasteiger partial charge on any atom is -0.495 e. The lowest BCUT2D eigenvalue weighted by atomic mass is 10.1. The average molecular weight is 453 g/mol. The van der Waals surface area contributed by atoms with Gasteiger partial charge in [0.1, 0.15) is 11.6 Å². The van der Waals surface area contributed by atoms with Crippen LogP contribution in [0.4, 0.5) is 4.39 Å². The summed E-state index contributed by atoms with van der Waals surface area (Å²) in [6.07, 6.45) is 5.91. The molecule has 8 nitrogen and oxygen atoms in total. The molecule has 0 amide bonds. The summed E-state index contributed by atoms with van der Waals surface area (Å²) in [5.41, 5.74) is 0.405. The Kier molecular flexibility index (Phi) is 5.58. The fourth-order valence-corrected chi connectivity index (χ4v) is 3.42. The second kappa shape index (κ2) is 8.35. The number of rotatable bonds is 4. The highest BCUT2D eigenvalue weighted by Crippen LogP contribution is 2.20. The van der Waals surface area contributed by atoms with E-state index in [9.17, 15) is 9.18 Å². The Bertz CT molecular complexity index is 1460. The molecule has 10 heteroatoms. The molecule has 0 aliphatic carbocycles. The number of hydrogen-bond donors (Lipinski definition) is 2. The lowest BCUT2D eigenvalue weighted by Gasteiger charge is -2.20. The molecule has 162 valence electrons. The molecule has 0 fully saturated rings. The summed E-state index contributed by atoms with van der Waals surface area (Å²) < 4.78 is 22.1.